The highest BCUT2D eigenvalue weighted by Crippen LogP contribution is 2.35. The number of aliphatic hydroxyl groups excluding tert-OH is 3. The molecule has 0 aromatic heterocycles. The van der Waals surface area contributed by atoms with E-state index in [0.717, 1.165) is 0 Å². The van der Waals surface area contributed by atoms with Crippen molar-refractivity contribution < 1.29 is 25.2 Å². The Morgan fingerprint density at radius 2 is 1.74 bits per heavy atom. The van der Waals surface area contributed by atoms with E-state index in [2.05, 4.69) is 0 Å². The van der Waals surface area contributed by atoms with Crippen LogP contribution in [0.25, 0.3) is 0 Å². The van der Waals surface area contributed by atoms with Gasteiger partial charge in [0.2, 0.25) is 5.79 Å². The molecule has 8 N–H and O–H groups in total. The zero-order valence-corrected chi connectivity index (χ0v) is 10.2. The Morgan fingerprint density at radius 3 is 2.26 bits per heavy atom. The van der Waals surface area contributed by atoms with Crippen molar-refractivity contribution in [2.75, 3.05) is 12.3 Å². The second kappa shape index (κ2) is 5.04. The van der Waals surface area contributed by atoms with Gasteiger partial charge in [0.25, 0.3) is 0 Å². The number of rotatable bonds is 2. The van der Waals surface area contributed by atoms with Crippen LogP contribution in [0.5, 0.6) is 0 Å². The molecule has 0 spiro atoms. The first kappa shape index (κ1) is 14.2. The maximum atomic E-state index is 10.5. The van der Waals surface area contributed by atoms with Crippen molar-refractivity contribution in [2.24, 2.45) is 5.73 Å². The molecule has 7 heteroatoms. The largest absolute Gasteiger partial charge is 0.399 e. The summed E-state index contributed by atoms with van der Waals surface area (Å²) in [4.78, 5) is 0. The van der Waals surface area contributed by atoms with Crippen LogP contribution in [-0.2, 0) is 10.5 Å². The standard InChI is InChI=1S/C12H18N2O5/c13-7-3-1-6(2-4-7)12(18)11(14)10(17)9(16)8(5-15)19-12/h1-4,8-11,15-18H,5,13-14H2/t8-,9-,10+,11-,12?/m1/s1. The third-order valence-electron chi connectivity index (χ3n) is 3.39. The van der Waals surface area contributed by atoms with Crippen LogP contribution in [0, 0.1) is 0 Å². The molecule has 0 bridgehead atoms. The molecule has 2 rings (SSSR count). The van der Waals surface area contributed by atoms with Gasteiger partial charge in [0.15, 0.2) is 0 Å². The topological polar surface area (TPSA) is 142 Å². The molecule has 7 nitrogen and oxygen atoms in total. The zero-order valence-electron chi connectivity index (χ0n) is 10.2. The fourth-order valence-electron chi connectivity index (χ4n) is 2.17. The first-order valence-electron chi connectivity index (χ1n) is 5.89. The first-order chi connectivity index (χ1) is 8.90. The van der Waals surface area contributed by atoms with E-state index in [4.69, 9.17) is 21.3 Å². The molecular weight excluding hydrogens is 252 g/mol. The number of nitrogen functional groups attached to an aromatic ring is 1. The van der Waals surface area contributed by atoms with E-state index in [1.54, 1.807) is 12.1 Å². The number of hydrogen-bond acceptors (Lipinski definition) is 7. The normalized spacial score (nSPS) is 39.2. The van der Waals surface area contributed by atoms with Crippen LogP contribution < -0.4 is 11.5 Å². The van der Waals surface area contributed by atoms with Crippen LogP contribution in [0.2, 0.25) is 0 Å². The van der Waals surface area contributed by atoms with E-state index in [1.807, 2.05) is 0 Å². The second-order valence-electron chi connectivity index (χ2n) is 4.66. The Kier molecular flexibility index (Phi) is 3.77. The molecule has 1 aliphatic rings. The van der Waals surface area contributed by atoms with Crippen molar-refractivity contribution in [3.63, 3.8) is 0 Å². The Morgan fingerprint density at radius 1 is 1.16 bits per heavy atom. The van der Waals surface area contributed by atoms with Crippen molar-refractivity contribution in [2.45, 2.75) is 30.1 Å². The lowest BCUT2D eigenvalue weighted by Gasteiger charge is -2.46. The van der Waals surface area contributed by atoms with Crippen LogP contribution in [0.1, 0.15) is 5.56 Å². The maximum Gasteiger partial charge on any atom is 0.211 e. The average molecular weight is 270 g/mol. The Hall–Kier alpha value is -1.22. The number of anilines is 1. The quantitative estimate of drug-likeness (QED) is 0.336. The average Bonchev–Trinajstić information content (AvgIpc) is 2.41. The van der Waals surface area contributed by atoms with E-state index < -0.39 is 36.7 Å². The van der Waals surface area contributed by atoms with E-state index in [9.17, 15) is 15.3 Å². The molecular formula is C12H18N2O5. The molecule has 0 amide bonds. The fraction of sp³-hybridized carbons (Fsp3) is 0.500. The highest BCUT2D eigenvalue weighted by Gasteiger charge is 2.52. The SMILES string of the molecule is Nc1ccc(C2(O)O[C@H](CO)[C@@H](O)[C@H](O)[C@H]2N)cc1. The summed E-state index contributed by atoms with van der Waals surface area (Å²) < 4.78 is 5.27. The first-order valence-corrected chi connectivity index (χ1v) is 5.89. The Balaban J connectivity index is 2.37. The third-order valence-corrected chi connectivity index (χ3v) is 3.39. The molecule has 0 aliphatic carbocycles. The number of hydrogen-bond donors (Lipinski definition) is 6. The predicted octanol–water partition coefficient (Wildman–Crippen LogP) is -2.15. The van der Waals surface area contributed by atoms with E-state index in [0.29, 0.717) is 11.3 Å². The monoisotopic (exact) mass is 270 g/mol. The summed E-state index contributed by atoms with van der Waals surface area (Å²) >= 11 is 0. The molecule has 19 heavy (non-hydrogen) atoms. The second-order valence-corrected chi connectivity index (χ2v) is 4.66. The Labute approximate surface area is 110 Å². The summed E-state index contributed by atoms with van der Waals surface area (Å²) in [7, 11) is 0. The minimum Gasteiger partial charge on any atom is -0.399 e. The highest BCUT2D eigenvalue weighted by molar-refractivity contribution is 5.41. The van der Waals surface area contributed by atoms with Crippen molar-refractivity contribution in [1.82, 2.24) is 0 Å². The van der Waals surface area contributed by atoms with Gasteiger partial charge in [-0.1, -0.05) is 12.1 Å². The van der Waals surface area contributed by atoms with Crippen molar-refractivity contribution in [3.05, 3.63) is 29.8 Å². The van der Waals surface area contributed by atoms with Gasteiger partial charge < -0.3 is 36.6 Å². The van der Waals surface area contributed by atoms with Crippen LogP contribution in [0.15, 0.2) is 24.3 Å². The smallest absolute Gasteiger partial charge is 0.211 e. The minimum absolute atomic E-state index is 0.290. The molecule has 1 aromatic carbocycles. The zero-order chi connectivity index (χ0) is 14.2. The van der Waals surface area contributed by atoms with E-state index in [1.165, 1.54) is 12.1 Å². The molecule has 1 unspecified atom stereocenters. The summed E-state index contributed by atoms with van der Waals surface area (Å²) in [5, 5.41) is 39.2. The van der Waals surface area contributed by atoms with Gasteiger partial charge in [0.1, 0.15) is 18.3 Å². The molecule has 106 valence electrons. The summed E-state index contributed by atoms with van der Waals surface area (Å²) in [5.74, 6) is -2.00. The molecule has 1 heterocycles. The van der Waals surface area contributed by atoms with Crippen LogP contribution in [0.4, 0.5) is 5.69 Å². The number of aliphatic hydroxyl groups is 4. The molecule has 1 aliphatic heterocycles. The Bertz CT molecular complexity index is 438. The van der Waals surface area contributed by atoms with E-state index >= 15 is 0 Å². The lowest BCUT2D eigenvalue weighted by atomic mass is 9.86. The summed E-state index contributed by atoms with van der Waals surface area (Å²) in [5.41, 5.74) is 12.1. The molecule has 0 radical (unpaired) electrons. The molecule has 0 saturated carbocycles. The van der Waals surface area contributed by atoms with Crippen molar-refractivity contribution in [1.29, 1.82) is 0 Å². The molecule has 1 aromatic rings. The lowest BCUT2D eigenvalue weighted by molar-refractivity contribution is -0.322. The van der Waals surface area contributed by atoms with Gasteiger partial charge in [0, 0.05) is 11.3 Å². The minimum atomic E-state index is -2.00. The van der Waals surface area contributed by atoms with Gasteiger partial charge in [0.05, 0.1) is 12.6 Å². The molecule has 5 atom stereocenters. The third kappa shape index (κ3) is 2.32. The van der Waals surface area contributed by atoms with Gasteiger partial charge in [-0.3, -0.25) is 0 Å². The van der Waals surface area contributed by atoms with Crippen molar-refractivity contribution in [3.8, 4) is 0 Å². The maximum absolute atomic E-state index is 10.5. The van der Waals surface area contributed by atoms with Crippen LogP contribution >= 0.6 is 0 Å². The van der Waals surface area contributed by atoms with Crippen LogP contribution in [0.3, 0.4) is 0 Å². The summed E-state index contributed by atoms with van der Waals surface area (Å²) in [6.07, 6.45) is -3.92. The highest BCUT2D eigenvalue weighted by atomic mass is 16.6. The summed E-state index contributed by atoms with van der Waals surface area (Å²) in [6.45, 7) is -0.553. The number of benzene rings is 1. The fourth-order valence-corrected chi connectivity index (χ4v) is 2.17. The number of nitrogens with two attached hydrogens (primary N) is 2. The van der Waals surface area contributed by atoms with Gasteiger partial charge in [-0.2, -0.15) is 0 Å². The van der Waals surface area contributed by atoms with E-state index in [-0.39, 0.29) is 0 Å². The lowest BCUT2D eigenvalue weighted by Crippen LogP contribution is -2.66. The number of ether oxygens (including phenoxy) is 1. The van der Waals surface area contributed by atoms with Crippen molar-refractivity contribution >= 4 is 5.69 Å². The van der Waals surface area contributed by atoms with Gasteiger partial charge >= 0.3 is 0 Å². The van der Waals surface area contributed by atoms with Gasteiger partial charge in [-0.25, -0.2) is 0 Å². The van der Waals surface area contributed by atoms with Crippen LogP contribution in [-0.4, -0.2) is 51.4 Å². The summed E-state index contributed by atoms with van der Waals surface area (Å²) in [6, 6.07) is 4.86. The van der Waals surface area contributed by atoms with Gasteiger partial charge in [-0.05, 0) is 12.1 Å². The molecule has 1 saturated heterocycles. The van der Waals surface area contributed by atoms with Gasteiger partial charge in [-0.15, -0.1) is 0 Å². The molecule has 1 fully saturated rings. The predicted molar refractivity (Wildman–Crippen MR) is 66.7 cm³/mol.